The Hall–Kier alpha value is -1.62. The number of imidazole rings is 2. The maximum atomic E-state index is 4.39. The molecule has 1 N–H and O–H groups in total. The van der Waals surface area contributed by atoms with Crippen molar-refractivity contribution in [3.63, 3.8) is 0 Å². The smallest absolute Gasteiger partial charge is 0.128 e. The van der Waals surface area contributed by atoms with E-state index >= 15 is 0 Å². The third-order valence-corrected chi connectivity index (χ3v) is 2.81. The van der Waals surface area contributed by atoms with Crippen molar-refractivity contribution in [3.05, 3.63) is 36.4 Å². The predicted octanol–water partition coefficient (Wildman–Crippen LogP) is 1.55. The van der Waals surface area contributed by atoms with E-state index < -0.39 is 0 Å². The zero-order valence-electron chi connectivity index (χ0n) is 11.5. The summed E-state index contributed by atoms with van der Waals surface area (Å²) in [5.41, 5.74) is 0.0972. The zero-order chi connectivity index (χ0) is 13.2. The monoisotopic (exact) mass is 247 g/mol. The first-order chi connectivity index (χ1) is 8.46. The lowest BCUT2D eigenvalue weighted by molar-refractivity contribution is 0.412. The van der Waals surface area contributed by atoms with Crippen molar-refractivity contribution >= 4 is 0 Å². The minimum Gasteiger partial charge on any atom is -0.337 e. The van der Waals surface area contributed by atoms with Crippen LogP contribution in [0.2, 0.25) is 0 Å². The molecule has 5 heteroatoms. The van der Waals surface area contributed by atoms with Gasteiger partial charge in [-0.15, -0.1) is 0 Å². The molecule has 2 aromatic rings. The van der Waals surface area contributed by atoms with E-state index in [1.807, 2.05) is 36.4 Å². The average Bonchev–Trinajstić information content (AvgIpc) is 2.86. The minimum absolute atomic E-state index is 0.0972. The third-order valence-electron chi connectivity index (χ3n) is 2.81. The molecule has 0 aliphatic heterocycles. The Morgan fingerprint density at radius 1 is 1.11 bits per heavy atom. The van der Waals surface area contributed by atoms with Crippen LogP contribution in [0.15, 0.2) is 24.8 Å². The normalized spacial score (nSPS) is 12.0. The van der Waals surface area contributed by atoms with E-state index in [9.17, 15) is 0 Å². The van der Waals surface area contributed by atoms with Crippen molar-refractivity contribution in [2.45, 2.75) is 39.4 Å². The summed E-state index contributed by atoms with van der Waals surface area (Å²) >= 11 is 0. The molecule has 18 heavy (non-hydrogen) atoms. The standard InChI is InChI=1S/C13H21N5/c1-13(2,3)16-9-11-14-6-8-18(11)10-12-15-5-7-17(12)4/h5-8,16H,9-10H2,1-4H3. The fraction of sp³-hybridized carbons (Fsp3) is 0.538. The van der Waals surface area contributed by atoms with E-state index in [1.165, 1.54) is 0 Å². The second-order valence-electron chi connectivity index (χ2n) is 5.53. The third kappa shape index (κ3) is 3.20. The summed E-state index contributed by atoms with van der Waals surface area (Å²) in [6, 6.07) is 0. The molecule has 2 rings (SSSR count). The number of nitrogens with one attached hydrogen (secondary N) is 1. The Labute approximate surface area is 108 Å². The van der Waals surface area contributed by atoms with Crippen LogP contribution >= 0.6 is 0 Å². The summed E-state index contributed by atoms with van der Waals surface area (Å²) in [6.45, 7) is 7.97. The molecule has 0 aromatic carbocycles. The van der Waals surface area contributed by atoms with Crippen molar-refractivity contribution in [1.29, 1.82) is 0 Å². The Morgan fingerprint density at radius 2 is 1.78 bits per heavy atom. The zero-order valence-corrected chi connectivity index (χ0v) is 11.5. The Kier molecular flexibility index (Phi) is 3.52. The Balaban J connectivity index is 2.06. The van der Waals surface area contributed by atoms with Crippen molar-refractivity contribution in [1.82, 2.24) is 24.4 Å². The van der Waals surface area contributed by atoms with Crippen molar-refractivity contribution in [2.75, 3.05) is 0 Å². The number of aromatic nitrogens is 4. The van der Waals surface area contributed by atoms with Gasteiger partial charge < -0.3 is 14.5 Å². The van der Waals surface area contributed by atoms with E-state index in [2.05, 4.69) is 40.6 Å². The Bertz CT molecular complexity index is 503. The fourth-order valence-electron chi connectivity index (χ4n) is 1.70. The largest absolute Gasteiger partial charge is 0.337 e. The summed E-state index contributed by atoms with van der Waals surface area (Å²) in [4.78, 5) is 8.73. The average molecular weight is 247 g/mol. The van der Waals surface area contributed by atoms with E-state index in [-0.39, 0.29) is 5.54 Å². The van der Waals surface area contributed by atoms with Crippen molar-refractivity contribution < 1.29 is 0 Å². The molecule has 98 valence electrons. The number of aryl methyl sites for hydroxylation is 1. The van der Waals surface area contributed by atoms with Crippen LogP contribution in [0.5, 0.6) is 0 Å². The van der Waals surface area contributed by atoms with Crippen LogP contribution in [0.1, 0.15) is 32.4 Å². The van der Waals surface area contributed by atoms with Gasteiger partial charge in [-0.1, -0.05) is 0 Å². The lowest BCUT2D eigenvalue weighted by Crippen LogP contribution is -2.36. The first-order valence-electron chi connectivity index (χ1n) is 6.17. The van der Waals surface area contributed by atoms with Gasteiger partial charge in [0.2, 0.25) is 0 Å². The lowest BCUT2D eigenvalue weighted by atomic mass is 10.1. The van der Waals surface area contributed by atoms with Crippen LogP contribution < -0.4 is 5.32 Å². The van der Waals surface area contributed by atoms with E-state index in [0.717, 1.165) is 24.7 Å². The topological polar surface area (TPSA) is 47.7 Å². The van der Waals surface area contributed by atoms with E-state index in [0.29, 0.717) is 0 Å². The molecule has 0 atom stereocenters. The molecular formula is C13H21N5. The van der Waals surface area contributed by atoms with E-state index in [4.69, 9.17) is 0 Å². The molecule has 0 radical (unpaired) electrons. The highest BCUT2D eigenvalue weighted by atomic mass is 15.1. The van der Waals surface area contributed by atoms with Gasteiger partial charge in [-0.2, -0.15) is 0 Å². The van der Waals surface area contributed by atoms with Gasteiger partial charge in [-0.05, 0) is 20.8 Å². The van der Waals surface area contributed by atoms with Crippen molar-refractivity contribution in [2.24, 2.45) is 7.05 Å². The van der Waals surface area contributed by atoms with Crippen LogP contribution in [-0.2, 0) is 20.1 Å². The Morgan fingerprint density at radius 3 is 2.39 bits per heavy atom. The lowest BCUT2D eigenvalue weighted by Gasteiger charge is -2.20. The fourth-order valence-corrected chi connectivity index (χ4v) is 1.70. The maximum absolute atomic E-state index is 4.39. The SMILES string of the molecule is Cn1ccnc1Cn1ccnc1CNC(C)(C)C. The van der Waals surface area contributed by atoms with Crippen LogP contribution in [-0.4, -0.2) is 24.6 Å². The molecule has 2 heterocycles. The van der Waals surface area contributed by atoms with Gasteiger partial charge in [-0.3, -0.25) is 0 Å². The molecule has 0 unspecified atom stereocenters. The van der Waals surface area contributed by atoms with Crippen molar-refractivity contribution in [3.8, 4) is 0 Å². The summed E-state index contributed by atoms with van der Waals surface area (Å²) in [5, 5.41) is 3.45. The van der Waals surface area contributed by atoms with Crippen LogP contribution in [0, 0.1) is 0 Å². The molecule has 0 fully saturated rings. The highest BCUT2D eigenvalue weighted by Crippen LogP contribution is 2.06. The van der Waals surface area contributed by atoms with Crippen LogP contribution in [0.4, 0.5) is 0 Å². The first kappa shape index (κ1) is 12.8. The molecule has 0 aliphatic rings. The van der Waals surface area contributed by atoms with Crippen LogP contribution in [0.3, 0.4) is 0 Å². The predicted molar refractivity (Wildman–Crippen MR) is 71.1 cm³/mol. The van der Waals surface area contributed by atoms with E-state index in [1.54, 1.807) is 0 Å². The van der Waals surface area contributed by atoms with Gasteiger partial charge >= 0.3 is 0 Å². The summed E-state index contributed by atoms with van der Waals surface area (Å²) < 4.78 is 4.15. The molecule has 5 nitrogen and oxygen atoms in total. The summed E-state index contributed by atoms with van der Waals surface area (Å²) in [5.74, 6) is 2.07. The summed E-state index contributed by atoms with van der Waals surface area (Å²) in [6.07, 6.45) is 7.61. The molecular weight excluding hydrogens is 226 g/mol. The van der Waals surface area contributed by atoms with Gasteiger partial charge in [-0.25, -0.2) is 9.97 Å². The number of rotatable bonds is 4. The van der Waals surface area contributed by atoms with Gasteiger partial charge in [0.25, 0.3) is 0 Å². The minimum atomic E-state index is 0.0972. The molecule has 0 saturated heterocycles. The maximum Gasteiger partial charge on any atom is 0.128 e. The second kappa shape index (κ2) is 4.94. The second-order valence-corrected chi connectivity index (χ2v) is 5.53. The molecule has 0 amide bonds. The molecule has 0 saturated carbocycles. The van der Waals surface area contributed by atoms with Crippen LogP contribution in [0.25, 0.3) is 0 Å². The first-order valence-corrected chi connectivity index (χ1v) is 6.17. The van der Waals surface area contributed by atoms with Gasteiger partial charge in [0.1, 0.15) is 11.6 Å². The summed E-state index contributed by atoms with van der Waals surface area (Å²) in [7, 11) is 2.01. The van der Waals surface area contributed by atoms with Gasteiger partial charge in [0.05, 0.1) is 13.1 Å². The van der Waals surface area contributed by atoms with Gasteiger partial charge in [0.15, 0.2) is 0 Å². The number of hydrogen-bond donors (Lipinski definition) is 1. The molecule has 0 aliphatic carbocycles. The molecule has 0 spiro atoms. The molecule has 0 bridgehead atoms. The number of nitrogens with zero attached hydrogens (tertiary/aromatic N) is 4. The van der Waals surface area contributed by atoms with Gasteiger partial charge in [0, 0.05) is 37.4 Å². The quantitative estimate of drug-likeness (QED) is 0.891. The number of hydrogen-bond acceptors (Lipinski definition) is 3. The highest BCUT2D eigenvalue weighted by molar-refractivity contribution is 4.99. The highest BCUT2D eigenvalue weighted by Gasteiger charge is 2.11. The molecule has 2 aromatic heterocycles.